The lowest BCUT2D eigenvalue weighted by Crippen LogP contribution is -2.45. The molecule has 1 unspecified atom stereocenters. The van der Waals surface area contributed by atoms with Gasteiger partial charge < -0.3 is 9.84 Å². The maximum atomic E-state index is 13.5. The Kier molecular flexibility index (Phi) is 9.13. The molecule has 4 rings (SSSR count). The highest BCUT2D eigenvalue weighted by Gasteiger charge is 2.30. The number of halogens is 1. The van der Waals surface area contributed by atoms with Gasteiger partial charge in [0.05, 0.1) is 12.3 Å². The Morgan fingerprint density at radius 2 is 1.75 bits per heavy atom. The molecule has 0 aliphatic carbocycles. The highest BCUT2D eigenvalue weighted by molar-refractivity contribution is 5.27. The predicted molar refractivity (Wildman–Crippen MR) is 140 cm³/mol. The molecule has 1 saturated heterocycles. The second-order valence-electron chi connectivity index (χ2n) is 10.1. The summed E-state index contributed by atoms with van der Waals surface area (Å²) in [5.74, 6) is 1.18. The van der Waals surface area contributed by atoms with Crippen LogP contribution in [0.15, 0.2) is 54.7 Å². The van der Waals surface area contributed by atoms with E-state index in [1.807, 2.05) is 36.0 Å². The van der Waals surface area contributed by atoms with E-state index >= 15 is 0 Å². The molecule has 2 heterocycles. The van der Waals surface area contributed by atoms with Crippen LogP contribution in [0.3, 0.4) is 0 Å². The van der Waals surface area contributed by atoms with Crippen LogP contribution >= 0.6 is 0 Å². The minimum atomic E-state index is -0.184. The second kappa shape index (κ2) is 12.5. The van der Waals surface area contributed by atoms with Gasteiger partial charge in [0.15, 0.2) is 0 Å². The summed E-state index contributed by atoms with van der Waals surface area (Å²) in [4.78, 5) is 5.00. The lowest BCUT2D eigenvalue weighted by molar-refractivity contribution is 0.0953. The molecule has 1 aromatic heterocycles. The van der Waals surface area contributed by atoms with Crippen molar-refractivity contribution in [2.75, 3.05) is 33.4 Å². The molecule has 2 aromatic carbocycles. The van der Waals surface area contributed by atoms with Crippen LogP contribution in [0.1, 0.15) is 35.2 Å². The minimum Gasteiger partial charge on any atom is -0.491 e. The maximum Gasteiger partial charge on any atom is 0.123 e. The van der Waals surface area contributed by atoms with Gasteiger partial charge in [0.2, 0.25) is 0 Å². The number of piperidine rings is 1. The van der Waals surface area contributed by atoms with Crippen LogP contribution < -0.4 is 4.74 Å². The van der Waals surface area contributed by atoms with Crippen LogP contribution in [-0.2, 0) is 26.6 Å². The fourth-order valence-corrected chi connectivity index (χ4v) is 5.34. The quantitative estimate of drug-likeness (QED) is 0.433. The Morgan fingerprint density at radius 3 is 2.36 bits per heavy atom. The van der Waals surface area contributed by atoms with Crippen molar-refractivity contribution in [2.24, 2.45) is 13.0 Å². The van der Waals surface area contributed by atoms with E-state index in [2.05, 4.69) is 47.2 Å². The van der Waals surface area contributed by atoms with E-state index in [-0.39, 0.29) is 12.4 Å². The van der Waals surface area contributed by atoms with Crippen molar-refractivity contribution in [2.45, 2.75) is 45.3 Å². The Labute approximate surface area is 214 Å². The average molecular weight is 495 g/mol. The smallest absolute Gasteiger partial charge is 0.123 e. The summed E-state index contributed by atoms with van der Waals surface area (Å²) in [5, 5.41) is 13.4. The van der Waals surface area contributed by atoms with Gasteiger partial charge in [0, 0.05) is 37.9 Å². The fraction of sp³-hybridized carbons (Fsp3) is 0.483. The molecule has 0 radical (unpaired) electrons. The van der Waals surface area contributed by atoms with Crippen molar-refractivity contribution in [1.82, 2.24) is 19.6 Å². The van der Waals surface area contributed by atoms with Crippen molar-refractivity contribution in [3.05, 3.63) is 82.9 Å². The third-order valence-corrected chi connectivity index (χ3v) is 7.33. The first-order chi connectivity index (χ1) is 17.4. The van der Waals surface area contributed by atoms with Gasteiger partial charge in [-0.1, -0.05) is 24.3 Å². The van der Waals surface area contributed by atoms with E-state index in [1.165, 1.54) is 16.7 Å². The van der Waals surface area contributed by atoms with Crippen molar-refractivity contribution >= 4 is 0 Å². The molecule has 0 amide bonds. The molecule has 7 heteroatoms. The van der Waals surface area contributed by atoms with Crippen molar-refractivity contribution in [3.63, 3.8) is 0 Å². The van der Waals surface area contributed by atoms with Gasteiger partial charge in [-0.2, -0.15) is 5.10 Å². The third kappa shape index (κ3) is 7.15. The molecule has 6 nitrogen and oxygen atoms in total. The molecular formula is C29H39FN4O2. The molecule has 0 spiro atoms. The van der Waals surface area contributed by atoms with Gasteiger partial charge in [-0.05, 0) is 87.6 Å². The highest BCUT2D eigenvalue weighted by Crippen LogP contribution is 2.28. The summed E-state index contributed by atoms with van der Waals surface area (Å²) in [5.41, 5.74) is 4.79. The number of likely N-dealkylation sites (tertiary alicyclic amines) is 1. The molecule has 0 saturated carbocycles. The van der Waals surface area contributed by atoms with Crippen molar-refractivity contribution in [1.29, 1.82) is 0 Å². The molecular weight excluding hydrogens is 455 g/mol. The summed E-state index contributed by atoms with van der Waals surface area (Å²) < 4.78 is 20.9. The standard InChI is InChI=1S/C29H39FN4O2/c1-22-26(21-33(3)31-22)20-32(2)29(18-23-4-8-27(30)9-5-23)25-12-14-34(15-13-25)19-24-6-10-28(11-7-24)36-17-16-35/h4-11,21,25,29,35H,12-20H2,1-3H3. The molecule has 0 bridgehead atoms. The third-order valence-electron chi connectivity index (χ3n) is 7.33. The zero-order chi connectivity index (χ0) is 25.5. The molecule has 36 heavy (non-hydrogen) atoms. The molecule has 1 fully saturated rings. The van der Waals surface area contributed by atoms with Crippen molar-refractivity contribution < 1.29 is 14.2 Å². The molecule has 1 aliphatic rings. The molecule has 3 aromatic rings. The van der Waals surface area contributed by atoms with E-state index in [4.69, 9.17) is 9.84 Å². The first-order valence-electron chi connectivity index (χ1n) is 12.9. The molecule has 1 atom stereocenters. The average Bonchev–Trinajstić information content (AvgIpc) is 3.20. The van der Waals surface area contributed by atoms with Crippen LogP contribution in [0, 0.1) is 18.7 Å². The summed E-state index contributed by atoms with van der Waals surface area (Å²) in [6, 6.07) is 15.5. The first-order valence-corrected chi connectivity index (χ1v) is 12.9. The fourth-order valence-electron chi connectivity index (χ4n) is 5.34. The van der Waals surface area contributed by atoms with Gasteiger partial charge in [0.25, 0.3) is 0 Å². The Bertz CT molecular complexity index is 1080. The van der Waals surface area contributed by atoms with Gasteiger partial charge in [-0.3, -0.25) is 14.5 Å². The van der Waals surface area contributed by atoms with Crippen LogP contribution in [0.4, 0.5) is 4.39 Å². The van der Waals surface area contributed by atoms with Crippen LogP contribution in [0.2, 0.25) is 0 Å². The highest BCUT2D eigenvalue weighted by atomic mass is 19.1. The van der Waals surface area contributed by atoms with Crippen LogP contribution in [0.5, 0.6) is 5.75 Å². The molecule has 1 N–H and O–H groups in total. The Hall–Kier alpha value is -2.74. The van der Waals surface area contributed by atoms with Gasteiger partial charge in [0.1, 0.15) is 18.2 Å². The maximum absolute atomic E-state index is 13.5. The Balaban J connectivity index is 1.39. The van der Waals surface area contributed by atoms with Crippen LogP contribution in [-0.4, -0.2) is 64.1 Å². The number of aryl methyl sites for hydroxylation is 2. The largest absolute Gasteiger partial charge is 0.491 e. The number of nitrogens with zero attached hydrogens (tertiary/aromatic N) is 4. The zero-order valence-electron chi connectivity index (χ0n) is 21.7. The monoisotopic (exact) mass is 494 g/mol. The van der Waals surface area contributed by atoms with E-state index in [0.717, 1.165) is 56.9 Å². The topological polar surface area (TPSA) is 53.8 Å². The molecule has 1 aliphatic heterocycles. The summed E-state index contributed by atoms with van der Waals surface area (Å²) in [7, 11) is 4.19. The number of hydrogen-bond acceptors (Lipinski definition) is 5. The number of aliphatic hydroxyl groups excluding tert-OH is 1. The normalized spacial score (nSPS) is 15.9. The Morgan fingerprint density at radius 1 is 1.08 bits per heavy atom. The van der Waals surface area contributed by atoms with E-state index in [1.54, 1.807) is 12.1 Å². The predicted octanol–water partition coefficient (Wildman–Crippen LogP) is 4.19. The zero-order valence-corrected chi connectivity index (χ0v) is 21.7. The van der Waals surface area contributed by atoms with E-state index in [9.17, 15) is 4.39 Å². The van der Waals surface area contributed by atoms with Gasteiger partial charge in [-0.25, -0.2) is 4.39 Å². The summed E-state index contributed by atoms with van der Waals surface area (Å²) in [6.45, 7) is 6.33. The van der Waals surface area contributed by atoms with E-state index in [0.29, 0.717) is 18.6 Å². The SMILES string of the molecule is Cc1nn(C)cc1CN(C)C(Cc1ccc(F)cc1)C1CCN(Cc2ccc(OCCO)cc2)CC1. The summed E-state index contributed by atoms with van der Waals surface area (Å²) >= 11 is 0. The number of rotatable bonds is 11. The summed E-state index contributed by atoms with van der Waals surface area (Å²) in [6.07, 6.45) is 5.30. The lowest BCUT2D eigenvalue weighted by atomic mass is 9.84. The number of likely N-dealkylation sites (N-methyl/N-ethyl adjacent to an activating group) is 1. The lowest BCUT2D eigenvalue weighted by Gasteiger charge is -2.40. The van der Waals surface area contributed by atoms with Crippen molar-refractivity contribution in [3.8, 4) is 5.75 Å². The minimum absolute atomic E-state index is 0.0237. The number of aliphatic hydroxyl groups is 1. The number of benzene rings is 2. The number of ether oxygens (including phenoxy) is 1. The second-order valence-corrected chi connectivity index (χ2v) is 10.1. The molecule has 194 valence electrons. The van der Waals surface area contributed by atoms with E-state index < -0.39 is 0 Å². The van der Waals surface area contributed by atoms with Crippen LogP contribution in [0.25, 0.3) is 0 Å². The first kappa shape index (κ1) is 26.3. The van der Waals surface area contributed by atoms with Gasteiger partial charge in [-0.15, -0.1) is 0 Å². The number of aromatic nitrogens is 2. The van der Waals surface area contributed by atoms with Gasteiger partial charge >= 0.3 is 0 Å². The number of hydrogen-bond donors (Lipinski definition) is 1.